The van der Waals surface area contributed by atoms with E-state index in [1.165, 1.54) is 50.5 Å². The predicted octanol–water partition coefficient (Wildman–Crippen LogP) is 6.87. The van der Waals surface area contributed by atoms with E-state index >= 15 is 0 Å². The minimum Gasteiger partial charge on any atom is -0.258 e. The Labute approximate surface area is 181 Å². The molecule has 1 heterocycles. The molecular weight excluding hydrogens is 390 g/mol. The zero-order valence-corrected chi connectivity index (χ0v) is 18.8. The van der Waals surface area contributed by atoms with Crippen molar-refractivity contribution in [2.75, 3.05) is 4.31 Å². The van der Waals surface area contributed by atoms with E-state index in [9.17, 15) is 8.42 Å². The smallest absolute Gasteiger partial charge is 0.258 e. The first-order valence-corrected chi connectivity index (χ1v) is 12.9. The molecule has 0 bridgehead atoms. The molecule has 4 rings (SSSR count). The summed E-state index contributed by atoms with van der Waals surface area (Å²) in [5.41, 5.74) is 4.20. The Morgan fingerprint density at radius 1 is 0.800 bits per heavy atom. The van der Waals surface area contributed by atoms with E-state index in [1.54, 1.807) is 16.4 Å². The molecule has 3 nitrogen and oxygen atoms in total. The molecule has 2 aromatic carbocycles. The average molecular weight is 424 g/mol. The maximum absolute atomic E-state index is 13.8. The number of hydrogen-bond donors (Lipinski definition) is 0. The van der Waals surface area contributed by atoms with Crippen molar-refractivity contribution in [3.8, 4) is 0 Å². The van der Waals surface area contributed by atoms with Crippen LogP contribution in [0.5, 0.6) is 0 Å². The second kappa shape index (κ2) is 9.38. The van der Waals surface area contributed by atoms with Crippen LogP contribution in [0.3, 0.4) is 0 Å². The van der Waals surface area contributed by atoms with Crippen LogP contribution >= 0.6 is 0 Å². The molecule has 0 N–H and O–H groups in total. The van der Waals surface area contributed by atoms with Crippen molar-refractivity contribution in [1.29, 1.82) is 0 Å². The topological polar surface area (TPSA) is 37.4 Å². The van der Waals surface area contributed by atoms with Gasteiger partial charge in [0, 0.05) is 5.56 Å². The molecule has 2 aliphatic rings. The summed E-state index contributed by atoms with van der Waals surface area (Å²) in [6, 6.07) is 15.2. The first-order chi connectivity index (χ1) is 14.6. The molecule has 30 heavy (non-hydrogen) atoms. The molecule has 0 fully saturated rings. The van der Waals surface area contributed by atoms with Crippen LogP contribution in [0.15, 0.2) is 59.5 Å². The number of nitrogens with zero attached hydrogens (tertiary/aromatic N) is 1. The van der Waals surface area contributed by atoms with Gasteiger partial charge in [0.15, 0.2) is 0 Å². The summed E-state index contributed by atoms with van der Waals surface area (Å²) in [6.07, 6.45) is 14.1. The number of para-hydroxylation sites is 1. The average Bonchev–Trinajstić information content (AvgIpc) is 3.06. The summed E-state index contributed by atoms with van der Waals surface area (Å²) in [4.78, 5) is 0.382. The van der Waals surface area contributed by atoms with Crippen LogP contribution in [0, 0.1) is 6.92 Å². The number of allylic oxidation sites excluding steroid dienone is 1. The summed E-state index contributed by atoms with van der Waals surface area (Å²) < 4.78 is 29.3. The molecule has 4 heteroatoms. The zero-order chi connectivity index (χ0) is 21.0. The second-order valence-electron chi connectivity index (χ2n) is 8.71. The first-order valence-electron chi connectivity index (χ1n) is 11.5. The van der Waals surface area contributed by atoms with Crippen molar-refractivity contribution < 1.29 is 8.42 Å². The minimum absolute atomic E-state index is 0.102. The number of rotatable bonds is 2. The van der Waals surface area contributed by atoms with Gasteiger partial charge in [0.1, 0.15) is 0 Å². The van der Waals surface area contributed by atoms with Crippen LogP contribution in [0.1, 0.15) is 75.3 Å². The zero-order valence-electron chi connectivity index (χ0n) is 18.0. The van der Waals surface area contributed by atoms with Gasteiger partial charge in [-0.1, -0.05) is 86.9 Å². The SMILES string of the molecule is Cc1ccc(S(=O)(=O)N2c3ccccc3/C3=C\CCCCCCCCCCC32)cc1. The van der Waals surface area contributed by atoms with Crippen LogP contribution in [0.2, 0.25) is 0 Å². The van der Waals surface area contributed by atoms with Gasteiger partial charge in [-0.3, -0.25) is 4.31 Å². The fraction of sp³-hybridized carbons (Fsp3) is 0.462. The van der Waals surface area contributed by atoms with Crippen LogP contribution in [0.25, 0.3) is 5.57 Å². The molecule has 1 aliphatic carbocycles. The summed E-state index contributed by atoms with van der Waals surface area (Å²) >= 11 is 0. The van der Waals surface area contributed by atoms with Gasteiger partial charge in [0.25, 0.3) is 10.0 Å². The summed E-state index contributed by atoms with van der Waals surface area (Å²) in [5, 5.41) is 0. The van der Waals surface area contributed by atoms with Crippen molar-refractivity contribution in [1.82, 2.24) is 0 Å². The molecule has 160 valence electrons. The lowest BCUT2D eigenvalue weighted by atomic mass is 9.96. The second-order valence-corrected chi connectivity index (χ2v) is 10.5. The van der Waals surface area contributed by atoms with E-state index in [0.717, 1.165) is 36.1 Å². The summed E-state index contributed by atoms with van der Waals surface area (Å²) in [6.45, 7) is 1.98. The third kappa shape index (κ3) is 4.34. The van der Waals surface area contributed by atoms with Gasteiger partial charge in [-0.15, -0.1) is 0 Å². The molecule has 0 amide bonds. The van der Waals surface area contributed by atoms with E-state index in [2.05, 4.69) is 12.1 Å². The standard InChI is InChI=1S/C26H33NO2S/c1-21-17-19-22(20-18-21)30(28,29)27-25-15-10-8-6-4-2-3-5-7-9-13-23(25)24-14-11-12-16-26(24)27/h11-14,16-20,25H,2-10,15H2,1H3/b23-13+. The Bertz CT molecular complexity index is 992. The molecule has 1 atom stereocenters. The molecule has 1 aliphatic heterocycles. The quantitative estimate of drug-likeness (QED) is 0.528. The summed E-state index contributed by atoms with van der Waals surface area (Å²) in [7, 11) is -3.62. The maximum Gasteiger partial charge on any atom is 0.264 e. The lowest BCUT2D eigenvalue weighted by Gasteiger charge is -2.28. The van der Waals surface area contributed by atoms with Gasteiger partial charge in [0.05, 0.1) is 16.6 Å². The van der Waals surface area contributed by atoms with E-state index in [4.69, 9.17) is 0 Å². The van der Waals surface area contributed by atoms with Gasteiger partial charge < -0.3 is 0 Å². The number of benzene rings is 2. The van der Waals surface area contributed by atoms with Gasteiger partial charge in [-0.05, 0) is 50.0 Å². The largest absolute Gasteiger partial charge is 0.264 e. The van der Waals surface area contributed by atoms with E-state index in [1.807, 2.05) is 37.3 Å². The fourth-order valence-corrected chi connectivity index (χ4v) is 6.50. The monoisotopic (exact) mass is 423 g/mol. The normalized spacial score (nSPS) is 22.6. The van der Waals surface area contributed by atoms with Gasteiger partial charge >= 0.3 is 0 Å². The molecular formula is C26H33NO2S. The first kappa shape index (κ1) is 21.2. The molecule has 0 saturated heterocycles. The lowest BCUT2D eigenvalue weighted by molar-refractivity contribution is 0.550. The molecule has 2 aromatic rings. The molecule has 0 radical (unpaired) electrons. The van der Waals surface area contributed by atoms with Crippen LogP contribution in [-0.4, -0.2) is 14.5 Å². The van der Waals surface area contributed by atoms with Crippen molar-refractivity contribution in [3.63, 3.8) is 0 Å². The highest BCUT2D eigenvalue weighted by Gasteiger charge is 2.40. The number of aryl methyl sites for hydroxylation is 1. The van der Waals surface area contributed by atoms with Crippen molar-refractivity contribution in [2.24, 2.45) is 0 Å². The number of fused-ring (bicyclic) bond motifs is 3. The van der Waals surface area contributed by atoms with E-state index in [0.29, 0.717) is 4.90 Å². The molecule has 0 spiro atoms. The molecule has 0 saturated carbocycles. The fourth-order valence-electron chi connectivity index (χ4n) is 4.82. The van der Waals surface area contributed by atoms with Crippen molar-refractivity contribution in [2.45, 2.75) is 82.1 Å². The Kier molecular flexibility index (Phi) is 6.62. The van der Waals surface area contributed by atoms with Crippen molar-refractivity contribution >= 4 is 21.3 Å². The van der Waals surface area contributed by atoms with Gasteiger partial charge in [-0.2, -0.15) is 0 Å². The highest BCUT2D eigenvalue weighted by molar-refractivity contribution is 7.93. The number of sulfonamides is 1. The van der Waals surface area contributed by atoms with Crippen LogP contribution in [0.4, 0.5) is 5.69 Å². The minimum atomic E-state index is -3.62. The van der Waals surface area contributed by atoms with Gasteiger partial charge in [0.2, 0.25) is 0 Å². The summed E-state index contributed by atoms with van der Waals surface area (Å²) in [5.74, 6) is 0. The Balaban J connectivity index is 1.76. The van der Waals surface area contributed by atoms with E-state index in [-0.39, 0.29) is 6.04 Å². The Morgan fingerprint density at radius 2 is 1.43 bits per heavy atom. The highest BCUT2D eigenvalue weighted by atomic mass is 32.2. The molecule has 0 aromatic heterocycles. The van der Waals surface area contributed by atoms with Gasteiger partial charge in [-0.25, -0.2) is 8.42 Å². The number of anilines is 1. The van der Waals surface area contributed by atoms with E-state index < -0.39 is 10.0 Å². The Hall–Kier alpha value is -2.07. The molecule has 1 unspecified atom stereocenters. The lowest BCUT2D eigenvalue weighted by Crippen LogP contribution is -2.37. The highest BCUT2D eigenvalue weighted by Crippen LogP contribution is 2.45. The maximum atomic E-state index is 13.8. The third-order valence-corrected chi connectivity index (χ3v) is 8.31. The van der Waals surface area contributed by atoms with Crippen LogP contribution < -0.4 is 4.31 Å². The Morgan fingerprint density at radius 3 is 2.17 bits per heavy atom. The van der Waals surface area contributed by atoms with Crippen molar-refractivity contribution in [3.05, 3.63) is 65.7 Å². The third-order valence-electron chi connectivity index (χ3n) is 6.47. The number of hydrogen-bond acceptors (Lipinski definition) is 2. The van der Waals surface area contributed by atoms with Crippen LogP contribution in [-0.2, 0) is 10.0 Å². The predicted molar refractivity (Wildman–Crippen MR) is 125 cm³/mol.